The summed E-state index contributed by atoms with van der Waals surface area (Å²) >= 11 is 0. The van der Waals surface area contributed by atoms with Gasteiger partial charge in [0.25, 0.3) is 5.91 Å². The number of fused-ring (bicyclic) bond motifs is 1. The number of aryl methyl sites for hydroxylation is 1. The van der Waals surface area contributed by atoms with Crippen molar-refractivity contribution in [3.05, 3.63) is 23.5 Å². The molecule has 0 saturated carbocycles. The van der Waals surface area contributed by atoms with Crippen LogP contribution in [0.5, 0.6) is 5.75 Å². The minimum Gasteiger partial charge on any atom is -0.492 e. The van der Waals surface area contributed by atoms with Gasteiger partial charge in [0.2, 0.25) is 0 Å². The molecule has 1 fully saturated rings. The van der Waals surface area contributed by atoms with E-state index in [0.717, 1.165) is 37.0 Å². The van der Waals surface area contributed by atoms with Crippen molar-refractivity contribution in [3.8, 4) is 5.75 Å². The minimum absolute atomic E-state index is 0.296. The lowest BCUT2D eigenvalue weighted by atomic mass is 10.0. The van der Waals surface area contributed by atoms with Crippen LogP contribution in [0.4, 0.5) is 0 Å². The summed E-state index contributed by atoms with van der Waals surface area (Å²) < 4.78 is 5.48. The number of carbonyl (C=O) groups excluding carboxylic acids is 1. The topological polar surface area (TPSA) is 79.7 Å². The third-order valence-corrected chi connectivity index (χ3v) is 4.06. The Morgan fingerprint density at radius 2 is 2.19 bits per heavy atom. The number of carboxylic acid groups (broad SMARTS) is 1. The van der Waals surface area contributed by atoms with E-state index in [4.69, 9.17) is 4.74 Å². The molecule has 3 heterocycles. The molecule has 21 heavy (non-hydrogen) atoms. The van der Waals surface area contributed by atoms with E-state index in [1.165, 1.54) is 4.90 Å². The fraction of sp³-hybridized carbons (Fsp3) is 0.533. The van der Waals surface area contributed by atoms with Crippen molar-refractivity contribution in [2.24, 2.45) is 0 Å². The molecular weight excluding hydrogens is 272 g/mol. The van der Waals surface area contributed by atoms with Crippen molar-refractivity contribution >= 4 is 11.9 Å². The van der Waals surface area contributed by atoms with Gasteiger partial charge in [0.15, 0.2) is 0 Å². The van der Waals surface area contributed by atoms with Gasteiger partial charge in [-0.15, -0.1) is 0 Å². The number of carbonyl (C=O) groups is 2. The van der Waals surface area contributed by atoms with Gasteiger partial charge in [-0.3, -0.25) is 4.79 Å². The van der Waals surface area contributed by atoms with Gasteiger partial charge in [-0.1, -0.05) is 0 Å². The second-order valence-corrected chi connectivity index (χ2v) is 5.48. The number of amides is 1. The third-order valence-electron chi connectivity index (χ3n) is 4.06. The zero-order chi connectivity index (χ0) is 14.8. The van der Waals surface area contributed by atoms with E-state index in [-0.39, 0.29) is 5.91 Å². The molecule has 0 radical (unpaired) electrons. The standard InChI is InChI=1S/C15H18N2O4/c18-14(17-6-2-1-5-12(17)15(19)20)11-8-10-4-3-7-21-13(10)9-16-11/h8-9,12H,1-7H2,(H,19,20). The second-order valence-electron chi connectivity index (χ2n) is 5.48. The summed E-state index contributed by atoms with van der Waals surface area (Å²) in [4.78, 5) is 29.4. The molecule has 0 spiro atoms. The lowest BCUT2D eigenvalue weighted by molar-refractivity contribution is -0.143. The summed E-state index contributed by atoms with van der Waals surface area (Å²) in [5.74, 6) is -0.508. The molecule has 0 aromatic carbocycles. The Morgan fingerprint density at radius 3 is 3.00 bits per heavy atom. The molecule has 2 aliphatic heterocycles. The molecule has 1 aromatic heterocycles. The molecule has 1 atom stereocenters. The first kappa shape index (κ1) is 13.9. The first-order valence-corrected chi connectivity index (χ1v) is 7.32. The van der Waals surface area contributed by atoms with E-state index < -0.39 is 12.0 Å². The molecule has 6 nitrogen and oxygen atoms in total. The average Bonchev–Trinajstić information content (AvgIpc) is 2.53. The number of hydrogen-bond donors (Lipinski definition) is 1. The number of carboxylic acids is 1. The number of pyridine rings is 1. The van der Waals surface area contributed by atoms with Crippen molar-refractivity contribution in [2.75, 3.05) is 13.2 Å². The van der Waals surface area contributed by atoms with Gasteiger partial charge in [0.1, 0.15) is 17.5 Å². The summed E-state index contributed by atoms with van der Waals surface area (Å²) in [6, 6.07) is 1.00. The molecule has 1 saturated heterocycles. The van der Waals surface area contributed by atoms with Crippen LogP contribution in [0.1, 0.15) is 41.7 Å². The predicted molar refractivity (Wildman–Crippen MR) is 74.4 cm³/mol. The second kappa shape index (κ2) is 5.71. The lowest BCUT2D eigenvalue weighted by Crippen LogP contribution is -2.48. The molecule has 1 unspecified atom stereocenters. The smallest absolute Gasteiger partial charge is 0.326 e. The monoisotopic (exact) mass is 290 g/mol. The molecule has 112 valence electrons. The fourth-order valence-corrected chi connectivity index (χ4v) is 2.95. The number of nitrogens with zero attached hydrogens (tertiary/aromatic N) is 2. The Hall–Kier alpha value is -2.11. The number of ether oxygens (including phenoxy) is 1. The molecule has 0 aliphatic carbocycles. The maximum atomic E-state index is 12.6. The van der Waals surface area contributed by atoms with Crippen LogP contribution in [-0.2, 0) is 11.2 Å². The van der Waals surface area contributed by atoms with Crippen molar-refractivity contribution in [1.82, 2.24) is 9.88 Å². The Labute approximate surface area is 122 Å². The third kappa shape index (κ3) is 2.70. The van der Waals surface area contributed by atoms with Crippen molar-refractivity contribution in [1.29, 1.82) is 0 Å². The van der Waals surface area contributed by atoms with E-state index in [1.807, 2.05) is 0 Å². The average molecular weight is 290 g/mol. The van der Waals surface area contributed by atoms with Crippen LogP contribution < -0.4 is 4.74 Å². The largest absolute Gasteiger partial charge is 0.492 e. The molecule has 6 heteroatoms. The summed E-state index contributed by atoms with van der Waals surface area (Å²) in [6.45, 7) is 1.15. The highest BCUT2D eigenvalue weighted by atomic mass is 16.5. The number of aliphatic carboxylic acids is 1. The van der Waals surface area contributed by atoms with E-state index in [9.17, 15) is 14.7 Å². The van der Waals surface area contributed by atoms with Gasteiger partial charge in [-0.25, -0.2) is 9.78 Å². The Kier molecular flexibility index (Phi) is 3.77. The number of aromatic nitrogens is 1. The predicted octanol–water partition coefficient (Wildman–Crippen LogP) is 1.49. The van der Waals surface area contributed by atoms with Crippen molar-refractivity contribution in [2.45, 2.75) is 38.1 Å². The van der Waals surface area contributed by atoms with Crippen LogP contribution in [0, 0.1) is 0 Å². The number of rotatable bonds is 2. The highest BCUT2D eigenvalue weighted by molar-refractivity contribution is 5.95. The quantitative estimate of drug-likeness (QED) is 0.892. The summed E-state index contributed by atoms with van der Waals surface area (Å²) in [5, 5.41) is 9.26. The maximum absolute atomic E-state index is 12.6. The molecule has 2 aliphatic rings. The first-order valence-electron chi connectivity index (χ1n) is 7.32. The zero-order valence-electron chi connectivity index (χ0n) is 11.7. The maximum Gasteiger partial charge on any atom is 0.326 e. The van der Waals surface area contributed by atoms with Crippen LogP contribution in [0.25, 0.3) is 0 Å². The SMILES string of the molecule is O=C(O)C1CCCCN1C(=O)c1cc2c(cn1)OCCC2. The zero-order valence-corrected chi connectivity index (χ0v) is 11.7. The van der Waals surface area contributed by atoms with Crippen LogP contribution in [0.15, 0.2) is 12.3 Å². The Morgan fingerprint density at radius 1 is 1.33 bits per heavy atom. The highest BCUT2D eigenvalue weighted by Crippen LogP contribution is 2.26. The van der Waals surface area contributed by atoms with Gasteiger partial charge in [-0.05, 0) is 43.7 Å². The molecular formula is C15H18N2O4. The fourth-order valence-electron chi connectivity index (χ4n) is 2.95. The van der Waals surface area contributed by atoms with Crippen LogP contribution in [0.3, 0.4) is 0 Å². The van der Waals surface area contributed by atoms with E-state index in [2.05, 4.69) is 4.98 Å². The van der Waals surface area contributed by atoms with Crippen molar-refractivity contribution < 1.29 is 19.4 Å². The van der Waals surface area contributed by atoms with Crippen LogP contribution in [0.2, 0.25) is 0 Å². The summed E-state index contributed by atoms with van der Waals surface area (Å²) in [6.07, 6.45) is 5.54. The number of likely N-dealkylation sites (tertiary alicyclic amines) is 1. The minimum atomic E-state index is -0.940. The van der Waals surface area contributed by atoms with Gasteiger partial charge < -0.3 is 14.7 Å². The molecule has 3 rings (SSSR count). The van der Waals surface area contributed by atoms with Crippen LogP contribution >= 0.6 is 0 Å². The summed E-state index contributed by atoms with van der Waals surface area (Å²) in [5.41, 5.74) is 1.29. The molecule has 1 aromatic rings. The van der Waals surface area contributed by atoms with E-state index in [0.29, 0.717) is 25.3 Å². The Bertz CT molecular complexity index is 573. The molecule has 1 N–H and O–H groups in total. The van der Waals surface area contributed by atoms with Gasteiger partial charge in [0.05, 0.1) is 12.8 Å². The van der Waals surface area contributed by atoms with Crippen LogP contribution in [-0.4, -0.2) is 46.1 Å². The van der Waals surface area contributed by atoms with Gasteiger partial charge >= 0.3 is 5.97 Å². The van der Waals surface area contributed by atoms with E-state index in [1.54, 1.807) is 12.3 Å². The number of piperidine rings is 1. The summed E-state index contributed by atoms with van der Waals surface area (Å²) in [7, 11) is 0. The molecule has 0 bridgehead atoms. The lowest BCUT2D eigenvalue weighted by Gasteiger charge is -2.32. The molecule has 1 amide bonds. The normalized spacial score (nSPS) is 21.3. The van der Waals surface area contributed by atoms with E-state index >= 15 is 0 Å². The highest BCUT2D eigenvalue weighted by Gasteiger charge is 2.33. The van der Waals surface area contributed by atoms with Gasteiger partial charge in [-0.2, -0.15) is 0 Å². The van der Waals surface area contributed by atoms with Crippen molar-refractivity contribution in [3.63, 3.8) is 0 Å². The number of hydrogen-bond acceptors (Lipinski definition) is 4. The van der Waals surface area contributed by atoms with Gasteiger partial charge in [0, 0.05) is 6.54 Å². The Balaban J connectivity index is 1.85. The first-order chi connectivity index (χ1) is 10.2.